The molecule has 0 N–H and O–H groups in total. The Balaban J connectivity index is 3.58. The van der Waals surface area contributed by atoms with Gasteiger partial charge in [0.2, 0.25) is 5.82 Å². The third kappa shape index (κ3) is 1.87. The van der Waals surface area contributed by atoms with Gasteiger partial charge in [-0.2, -0.15) is 4.39 Å². The lowest BCUT2D eigenvalue weighted by atomic mass is 9.84. The van der Waals surface area contributed by atoms with E-state index >= 15 is 0 Å². The van der Waals surface area contributed by atoms with Crippen molar-refractivity contribution in [3.05, 3.63) is 39.4 Å². The Kier molecular flexibility index (Phi) is 2.95. The summed E-state index contributed by atoms with van der Waals surface area (Å²) in [5.74, 6) is 0.105. The van der Waals surface area contributed by atoms with E-state index in [4.69, 9.17) is 6.42 Å². The molecule has 0 radical (unpaired) electrons. The van der Waals surface area contributed by atoms with Crippen LogP contribution in [0.2, 0.25) is 0 Å². The van der Waals surface area contributed by atoms with Crippen LogP contribution in [0.5, 0.6) is 0 Å². The summed E-state index contributed by atoms with van der Waals surface area (Å²) >= 11 is 0. The molecule has 84 valence electrons. The van der Waals surface area contributed by atoms with Crippen molar-refractivity contribution < 1.29 is 13.7 Å². The van der Waals surface area contributed by atoms with Crippen LogP contribution in [-0.2, 0) is 5.41 Å². The molecule has 0 fully saturated rings. The molecule has 5 heteroatoms. The highest BCUT2D eigenvalue weighted by Crippen LogP contribution is 2.32. The van der Waals surface area contributed by atoms with E-state index in [0.717, 1.165) is 12.1 Å². The molecule has 0 spiro atoms. The average Bonchev–Trinajstić information content (AvgIpc) is 2.16. The number of nitro benzene ring substituents is 1. The number of benzene rings is 1. The van der Waals surface area contributed by atoms with Crippen LogP contribution in [0, 0.1) is 34.1 Å². The normalized spacial score (nSPS) is 10.9. The Labute approximate surface area is 91.2 Å². The van der Waals surface area contributed by atoms with Gasteiger partial charge in [0, 0.05) is 11.6 Å². The van der Waals surface area contributed by atoms with Crippen molar-refractivity contribution in [2.75, 3.05) is 0 Å². The molecule has 3 nitrogen and oxygen atoms in total. The molecule has 0 aliphatic heterocycles. The molecule has 0 aromatic heterocycles. The molecule has 1 aromatic rings. The zero-order chi connectivity index (χ0) is 12.5. The lowest BCUT2D eigenvalue weighted by Crippen LogP contribution is -2.19. The predicted octanol–water partition coefficient (Wildman–Crippen LogP) is 2.78. The maximum Gasteiger partial charge on any atom is 0.305 e. The number of rotatable bonds is 2. The van der Waals surface area contributed by atoms with E-state index in [1.807, 2.05) is 0 Å². The number of nitrogens with zero attached hydrogens (tertiary/aromatic N) is 1. The highest BCUT2D eigenvalue weighted by atomic mass is 19.1. The van der Waals surface area contributed by atoms with E-state index in [0.29, 0.717) is 0 Å². The fraction of sp³-hybridized carbons (Fsp3) is 0.273. The number of hydrogen-bond donors (Lipinski definition) is 0. The van der Waals surface area contributed by atoms with Crippen LogP contribution in [-0.4, -0.2) is 4.92 Å². The standard InChI is InChI=1S/C11H9F2NO2/c1-4-11(2,3)9-7(12)5-6-8(10(9)13)14(15)16/h1,5-6H,2-3H3. The van der Waals surface area contributed by atoms with Crippen LogP contribution in [0.4, 0.5) is 14.5 Å². The molecule has 0 heterocycles. The van der Waals surface area contributed by atoms with Gasteiger partial charge in [-0.1, -0.05) is 5.92 Å². The Morgan fingerprint density at radius 1 is 1.44 bits per heavy atom. The van der Waals surface area contributed by atoms with Gasteiger partial charge in [-0.25, -0.2) is 4.39 Å². The molecule has 1 aromatic carbocycles. The Morgan fingerprint density at radius 2 is 2.00 bits per heavy atom. The monoisotopic (exact) mass is 225 g/mol. The molecule has 0 saturated heterocycles. The van der Waals surface area contributed by atoms with Crippen LogP contribution in [0.15, 0.2) is 12.1 Å². The van der Waals surface area contributed by atoms with Gasteiger partial charge in [0.25, 0.3) is 0 Å². The van der Waals surface area contributed by atoms with Crippen molar-refractivity contribution in [2.24, 2.45) is 0 Å². The van der Waals surface area contributed by atoms with E-state index in [1.165, 1.54) is 13.8 Å². The zero-order valence-electron chi connectivity index (χ0n) is 8.75. The van der Waals surface area contributed by atoms with Crippen molar-refractivity contribution in [1.82, 2.24) is 0 Å². The lowest BCUT2D eigenvalue weighted by molar-refractivity contribution is -0.387. The summed E-state index contributed by atoms with van der Waals surface area (Å²) in [4.78, 5) is 9.58. The summed E-state index contributed by atoms with van der Waals surface area (Å²) in [5.41, 5.74) is -2.47. The van der Waals surface area contributed by atoms with Crippen LogP contribution in [0.1, 0.15) is 19.4 Å². The molecular formula is C11H9F2NO2. The van der Waals surface area contributed by atoms with Gasteiger partial charge in [0.1, 0.15) is 5.82 Å². The fourth-order valence-electron chi connectivity index (χ4n) is 1.33. The first-order valence-corrected chi connectivity index (χ1v) is 4.42. The van der Waals surface area contributed by atoms with E-state index < -0.39 is 33.2 Å². The third-order valence-electron chi connectivity index (χ3n) is 2.25. The Hall–Kier alpha value is -1.96. The van der Waals surface area contributed by atoms with Crippen molar-refractivity contribution >= 4 is 5.69 Å². The summed E-state index contributed by atoms with van der Waals surface area (Å²) in [7, 11) is 0. The number of hydrogen-bond acceptors (Lipinski definition) is 2. The smallest absolute Gasteiger partial charge is 0.258 e. The molecule has 0 aliphatic carbocycles. The maximum atomic E-state index is 13.7. The first-order valence-electron chi connectivity index (χ1n) is 4.42. The number of halogens is 2. The summed E-state index contributed by atoms with van der Waals surface area (Å²) in [6.45, 7) is 2.83. The molecule has 0 unspecified atom stereocenters. The molecular weight excluding hydrogens is 216 g/mol. The lowest BCUT2D eigenvalue weighted by Gasteiger charge is -2.19. The summed E-state index contributed by atoms with van der Waals surface area (Å²) < 4.78 is 27.1. The van der Waals surface area contributed by atoms with Gasteiger partial charge in [0.15, 0.2) is 0 Å². The summed E-state index contributed by atoms with van der Waals surface area (Å²) in [5, 5.41) is 10.5. The van der Waals surface area contributed by atoms with Crippen molar-refractivity contribution in [3.8, 4) is 12.3 Å². The van der Waals surface area contributed by atoms with Gasteiger partial charge in [0.05, 0.1) is 10.3 Å². The van der Waals surface area contributed by atoms with Gasteiger partial charge >= 0.3 is 5.69 Å². The first kappa shape index (κ1) is 12.1. The third-order valence-corrected chi connectivity index (χ3v) is 2.25. The predicted molar refractivity (Wildman–Crippen MR) is 54.9 cm³/mol. The Morgan fingerprint density at radius 3 is 2.44 bits per heavy atom. The second kappa shape index (κ2) is 3.89. The van der Waals surface area contributed by atoms with Crippen LogP contribution in [0.25, 0.3) is 0 Å². The first-order chi connectivity index (χ1) is 7.31. The van der Waals surface area contributed by atoms with Crippen LogP contribution >= 0.6 is 0 Å². The summed E-state index contributed by atoms with van der Waals surface area (Å²) in [6, 6.07) is 1.62. The largest absolute Gasteiger partial charge is 0.305 e. The molecule has 1 rings (SSSR count). The highest BCUT2D eigenvalue weighted by molar-refractivity contribution is 5.44. The zero-order valence-corrected chi connectivity index (χ0v) is 8.75. The molecule has 0 aliphatic rings. The molecule has 0 amide bonds. The van der Waals surface area contributed by atoms with Gasteiger partial charge in [-0.3, -0.25) is 10.1 Å². The van der Waals surface area contributed by atoms with Crippen molar-refractivity contribution in [2.45, 2.75) is 19.3 Å². The summed E-state index contributed by atoms with van der Waals surface area (Å²) in [6.07, 6.45) is 5.15. The van der Waals surface area contributed by atoms with E-state index in [1.54, 1.807) is 0 Å². The second-order valence-corrected chi connectivity index (χ2v) is 3.78. The van der Waals surface area contributed by atoms with Crippen molar-refractivity contribution in [3.63, 3.8) is 0 Å². The van der Waals surface area contributed by atoms with E-state index in [-0.39, 0.29) is 0 Å². The van der Waals surface area contributed by atoms with Crippen molar-refractivity contribution in [1.29, 1.82) is 0 Å². The average molecular weight is 225 g/mol. The quantitative estimate of drug-likeness (QED) is 0.441. The second-order valence-electron chi connectivity index (χ2n) is 3.78. The molecule has 0 bridgehead atoms. The maximum absolute atomic E-state index is 13.7. The van der Waals surface area contributed by atoms with Crippen LogP contribution < -0.4 is 0 Å². The number of terminal acetylenes is 1. The fourth-order valence-corrected chi connectivity index (χ4v) is 1.33. The minimum absolute atomic E-state index is 0.454. The molecule has 16 heavy (non-hydrogen) atoms. The molecule has 0 saturated carbocycles. The minimum Gasteiger partial charge on any atom is -0.258 e. The van der Waals surface area contributed by atoms with E-state index in [9.17, 15) is 18.9 Å². The van der Waals surface area contributed by atoms with E-state index in [2.05, 4.69) is 5.92 Å². The van der Waals surface area contributed by atoms with Gasteiger partial charge in [-0.05, 0) is 19.9 Å². The van der Waals surface area contributed by atoms with Gasteiger partial charge in [-0.15, -0.1) is 6.42 Å². The topological polar surface area (TPSA) is 43.1 Å². The highest BCUT2D eigenvalue weighted by Gasteiger charge is 2.31. The van der Waals surface area contributed by atoms with Gasteiger partial charge < -0.3 is 0 Å². The van der Waals surface area contributed by atoms with Crippen LogP contribution in [0.3, 0.4) is 0 Å². The number of nitro groups is 1. The SMILES string of the molecule is C#CC(C)(C)c1c(F)ccc([N+](=O)[O-])c1F. The molecule has 0 atom stereocenters. The minimum atomic E-state index is -1.24. The Bertz CT molecular complexity index is 489.